The number of hydrogen-bond donors (Lipinski definition) is 2. The summed E-state index contributed by atoms with van der Waals surface area (Å²) in [5.74, 6) is -5.38. The van der Waals surface area contributed by atoms with Gasteiger partial charge in [-0.1, -0.05) is 36.4 Å². The predicted octanol–water partition coefficient (Wildman–Crippen LogP) is 3.30. The van der Waals surface area contributed by atoms with E-state index in [1.807, 2.05) is 0 Å². The van der Waals surface area contributed by atoms with Crippen molar-refractivity contribution < 1.29 is 38.1 Å². The number of halogens is 1. The van der Waals surface area contributed by atoms with Gasteiger partial charge < -0.3 is 19.9 Å². The van der Waals surface area contributed by atoms with Gasteiger partial charge in [0.1, 0.15) is 5.82 Å². The highest BCUT2D eigenvalue weighted by Gasteiger charge is 2.41. The molecule has 0 heterocycles. The van der Waals surface area contributed by atoms with Gasteiger partial charge in [-0.25, -0.2) is 18.8 Å². The molecular weight excluding hydrogens is 433 g/mol. The first-order chi connectivity index (χ1) is 15.8. The average Bonchev–Trinajstić information content (AvgIpc) is 2.83. The molecule has 3 aromatic rings. The number of anilines is 1. The minimum Gasteiger partial charge on any atom is -0.478 e. The average molecular weight is 451 g/mol. The van der Waals surface area contributed by atoms with Crippen molar-refractivity contribution in [2.45, 2.75) is 12.2 Å². The van der Waals surface area contributed by atoms with Gasteiger partial charge in [0.05, 0.1) is 11.1 Å². The zero-order valence-electron chi connectivity index (χ0n) is 17.0. The van der Waals surface area contributed by atoms with Gasteiger partial charge in [-0.2, -0.15) is 0 Å². The van der Waals surface area contributed by atoms with E-state index in [2.05, 4.69) is 5.32 Å². The Labute approximate surface area is 187 Å². The fourth-order valence-electron chi connectivity index (χ4n) is 2.76. The van der Waals surface area contributed by atoms with Gasteiger partial charge in [0, 0.05) is 5.69 Å². The Morgan fingerprint density at radius 2 is 1.15 bits per heavy atom. The highest BCUT2D eigenvalue weighted by Crippen LogP contribution is 2.16. The fraction of sp³-hybridized carbons (Fsp3) is 0.0833. The van der Waals surface area contributed by atoms with Gasteiger partial charge in [0.25, 0.3) is 5.91 Å². The Hall–Kier alpha value is -4.53. The summed E-state index contributed by atoms with van der Waals surface area (Å²) in [6.07, 6.45) is -4.21. The standard InChI is InChI=1S/C24H18FNO7/c25-17-11-13-18(14-12-17)26-21(27)19(32-23(30)15-7-3-1-4-8-15)20(22(28)29)33-24(31)16-9-5-2-6-10-16/h1-14,19-20H,(H,26,27)(H,28,29)/t19-,20+/m1/s1. The molecule has 9 heteroatoms. The molecule has 2 atom stereocenters. The molecule has 3 aromatic carbocycles. The molecule has 0 saturated heterocycles. The quantitative estimate of drug-likeness (QED) is 0.505. The van der Waals surface area contributed by atoms with Gasteiger partial charge in [-0.05, 0) is 48.5 Å². The molecule has 0 bridgehead atoms. The van der Waals surface area contributed by atoms with E-state index < -0.39 is 41.8 Å². The summed E-state index contributed by atoms with van der Waals surface area (Å²) in [5, 5.41) is 12.0. The van der Waals surface area contributed by atoms with E-state index in [-0.39, 0.29) is 16.8 Å². The Balaban J connectivity index is 1.89. The molecule has 0 aliphatic carbocycles. The second-order valence-electron chi connectivity index (χ2n) is 6.72. The van der Waals surface area contributed by atoms with E-state index in [0.717, 1.165) is 12.1 Å². The SMILES string of the molecule is O=C(O[C@H](C(=O)O)[C@@H](OC(=O)c1ccccc1)C(=O)Nc1ccc(F)cc1)c1ccccc1. The Kier molecular flexibility index (Phi) is 7.48. The first-order valence-corrected chi connectivity index (χ1v) is 9.66. The summed E-state index contributed by atoms with van der Waals surface area (Å²) in [4.78, 5) is 49.8. The molecule has 3 rings (SSSR count). The predicted molar refractivity (Wildman–Crippen MR) is 114 cm³/mol. The first-order valence-electron chi connectivity index (χ1n) is 9.66. The third-order valence-electron chi connectivity index (χ3n) is 4.38. The second kappa shape index (κ2) is 10.7. The van der Waals surface area contributed by atoms with Gasteiger partial charge in [0.15, 0.2) is 0 Å². The van der Waals surface area contributed by atoms with Crippen LogP contribution in [0.2, 0.25) is 0 Å². The van der Waals surface area contributed by atoms with E-state index in [4.69, 9.17) is 9.47 Å². The van der Waals surface area contributed by atoms with Gasteiger partial charge >= 0.3 is 17.9 Å². The molecule has 168 valence electrons. The molecular formula is C24H18FNO7. The molecule has 0 saturated carbocycles. The van der Waals surface area contributed by atoms with Crippen molar-refractivity contribution in [3.05, 3.63) is 102 Å². The lowest BCUT2D eigenvalue weighted by Crippen LogP contribution is -2.48. The lowest BCUT2D eigenvalue weighted by Gasteiger charge is -2.23. The van der Waals surface area contributed by atoms with Crippen molar-refractivity contribution in [1.29, 1.82) is 0 Å². The summed E-state index contributed by atoms with van der Waals surface area (Å²) in [6.45, 7) is 0. The second-order valence-corrected chi connectivity index (χ2v) is 6.72. The third-order valence-corrected chi connectivity index (χ3v) is 4.38. The number of rotatable bonds is 8. The summed E-state index contributed by atoms with van der Waals surface area (Å²) >= 11 is 0. The van der Waals surface area contributed by atoms with Crippen molar-refractivity contribution in [2.75, 3.05) is 5.32 Å². The molecule has 0 fully saturated rings. The summed E-state index contributed by atoms with van der Waals surface area (Å²) in [5.41, 5.74) is 0.201. The molecule has 0 aliphatic heterocycles. The van der Waals surface area contributed by atoms with Gasteiger partial charge in [0.2, 0.25) is 12.2 Å². The van der Waals surface area contributed by atoms with E-state index >= 15 is 0 Å². The van der Waals surface area contributed by atoms with Crippen LogP contribution in [0.5, 0.6) is 0 Å². The van der Waals surface area contributed by atoms with Crippen LogP contribution in [0.1, 0.15) is 20.7 Å². The third kappa shape index (κ3) is 6.23. The Morgan fingerprint density at radius 1 is 0.697 bits per heavy atom. The Bertz CT molecular complexity index is 1130. The van der Waals surface area contributed by atoms with Crippen molar-refractivity contribution in [3.8, 4) is 0 Å². The van der Waals surface area contributed by atoms with Crippen LogP contribution in [0, 0.1) is 5.82 Å². The van der Waals surface area contributed by atoms with Crippen molar-refractivity contribution in [2.24, 2.45) is 0 Å². The number of carbonyl (C=O) groups excluding carboxylic acids is 3. The van der Waals surface area contributed by atoms with E-state index in [1.54, 1.807) is 36.4 Å². The molecule has 0 radical (unpaired) electrons. The minimum atomic E-state index is -2.16. The summed E-state index contributed by atoms with van der Waals surface area (Å²) < 4.78 is 23.4. The highest BCUT2D eigenvalue weighted by atomic mass is 19.1. The molecule has 0 unspecified atom stereocenters. The van der Waals surface area contributed by atoms with Gasteiger partial charge in [-0.15, -0.1) is 0 Å². The monoisotopic (exact) mass is 451 g/mol. The number of esters is 2. The molecule has 0 spiro atoms. The molecule has 33 heavy (non-hydrogen) atoms. The van der Waals surface area contributed by atoms with Crippen LogP contribution < -0.4 is 5.32 Å². The van der Waals surface area contributed by atoms with Crippen molar-refractivity contribution in [1.82, 2.24) is 0 Å². The maximum atomic E-state index is 13.2. The smallest absolute Gasteiger partial charge is 0.349 e. The number of carboxylic acids is 1. The number of hydrogen-bond acceptors (Lipinski definition) is 6. The summed E-state index contributed by atoms with van der Waals surface area (Å²) in [6, 6.07) is 19.7. The van der Waals surface area contributed by atoms with Crippen molar-refractivity contribution in [3.63, 3.8) is 0 Å². The largest absolute Gasteiger partial charge is 0.478 e. The van der Waals surface area contributed by atoms with E-state index in [1.165, 1.54) is 36.4 Å². The van der Waals surface area contributed by atoms with Gasteiger partial charge in [-0.3, -0.25) is 4.79 Å². The minimum absolute atomic E-state index is 0.0378. The summed E-state index contributed by atoms with van der Waals surface area (Å²) in [7, 11) is 0. The van der Waals surface area contributed by atoms with Crippen LogP contribution in [-0.2, 0) is 19.1 Å². The van der Waals surface area contributed by atoms with Crippen LogP contribution in [0.15, 0.2) is 84.9 Å². The normalized spacial score (nSPS) is 12.2. The highest BCUT2D eigenvalue weighted by molar-refractivity contribution is 6.01. The van der Waals surface area contributed by atoms with Crippen molar-refractivity contribution >= 4 is 29.5 Å². The number of carboxylic acid groups (broad SMARTS) is 1. The number of benzene rings is 3. The lowest BCUT2D eigenvalue weighted by atomic mass is 10.1. The fourth-order valence-corrected chi connectivity index (χ4v) is 2.76. The number of ether oxygens (including phenoxy) is 2. The molecule has 0 aromatic heterocycles. The molecule has 2 N–H and O–H groups in total. The Morgan fingerprint density at radius 3 is 1.61 bits per heavy atom. The first kappa shape index (κ1) is 23.1. The molecule has 1 amide bonds. The maximum Gasteiger partial charge on any atom is 0.349 e. The van der Waals surface area contributed by atoms with Crippen LogP contribution in [0.25, 0.3) is 0 Å². The van der Waals surface area contributed by atoms with Crippen LogP contribution in [0.4, 0.5) is 10.1 Å². The maximum absolute atomic E-state index is 13.2. The zero-order chi connectivity index (χ0) is 23.8. The zero-order valence-corrected chi connectivity index (χ0v) is 17.0. The molecule has 8 nitrogen and oxygen atoms in total. The number of aliphatic carboxylic acids is 1. The number of carbonyl (C=O) groups is 4. The van der Waals surface area contributed by atoms with E-state index in [9.17, 15) is 28.7 Å². The number of amides is 1. The number of nitrogens with one attached hydrogen (secondary N) is 1. The van der Waals surface area contributed by atoms with Crippen LogP contribution >= 0.6 is 0 Å². The molecule has 0 aliphatic rings. The van der Waals surface area contributed by atoms with Crippen LogP contribution in [-0.4, -0.2) is 41.1 Å². The van der Waals surface area contributed by atoms with E-state index in [0.29, 0.717) is 0 Å². The van der Waals surface area contributed by atoms with Crippen LogP contribution in [0.3, 0.4) is 0 Å². The topological polar surface area (TPSA) is 119 Å². The lowest BCUT2D eigenvalue weighted by molar-refractivity contribution is -0.157.